The van der Waals surface area contributed by atoms with E-state index in [4.69, 9.17) is 4.74 Å². The Morgan fingerprint density at radius 2 is 1.49 bits per heavy atom. The minimum atomic E-state index is -3.47. The van der Waals surface area contributed by atoms with E-state index in [0.717, 1.165) is 56.7 Å². The van der Waals surface area contributed by atoms with Gasteiger partial charge in [-0.2, -0.15) is 0 Å². The normalized spacial score (nSPS) is 12.5. The molecule has 1 atom stereocenters. The van der Waals surface area contributed by atoms with Crippen LogP contribution in [0.3, 0.4) is 0 Å². The van der Waals surface area contributed by atoms with Crippen molar-refractivity contribution in [1.82, 2.24) is 4.72 Å². The van der Waals surface area contributed by atoms with Crippen LogP contribution in [0.1, 0.15) is 97.3 Å². The number of hydrogen-bond acceptors (Lipinski definition) is 6. The molecule has 6 nitrogen and oxygen atoms in total. The van der Waals surface area contributed by atoms with Crippen molar-refractivity contribution in [3.8, 4) is 5.75 Å². The van der Waals surface area contributed by atoms with Crippen LogP contribution in [0.25, 0.3) is 0 Å². The number of carbonyl (C=O) groups is 1. The van der Waals surface area contributed by atoms with E-state index in [1.54, 1.807) is 0 Å². The van der Waals surface area contributed by atoms with Crippen molar-refractivity contribution in [3.05, 3.63) is 23.8 Å². The molecule has 1 unspecified atom stereocenters. The topological polar surface area (TPSA) is 81.7 Å². The van der Waals surface area contributed by atoms with E-state index in [9.17, 15) is 22.0 Å². The summed E-state index contributed by atoms with van der Waals surface area (Å²) in [5, 5.41) is -0.419. The molecule has 0 aromatic heterocycles. The molecule has 10 heteroatoms. The molecule has 214 valence electrons. The number of benzene rings is 1. The van der Waals surface area contributed by atoms with Gasteiger partial charge in [0.25, 0.3) is 0 Å². The lowest BCUT2D eigenvalue weighted by atomic mass is 10.0. The van der Waals surface area contributed by atoms with E-state index < -0.39 is 45.2 Å². The van der Waals surface area contributed by atoms with Crippen LogP contribution < -0.4 is 9.46 Å². The highest BCUT2D eigenvalue weighted by Crippen LogP contribution is 2.28. The molecule has 1 aromatic carbocycles. The number of thioether (sulfide) groups is 1. The van der Waals surface area contributed by atoms with E-state index in [0.29, 0.717) is 23.5 Å². The van der Waals surface area contributed by atoms with Gasteiger partial charge in [0.1, 0.15) is 0 Å². The van der Waals surface area contributed by atoms with Crippen LogP contribution >= 0.6 is 11.8 Å². The molecule has 0 fully saturated rings. The first-order valence-electron chi connectivity index (χ1n) is 13.5. The lowest BCUT2D eigenvalue weighted by molar-refractivity contribution is -0.143. The summed E-state index contributed by atoms with van der Waals surface area (Å²) in [6.45, 7) is 3.77. The maximum atomic E-state index is 14.2. The van der Waals surface area contributed by atoms with Crippen LogP contribution in [-0.4, -0.2) is 45.7 Å². The van der Waals surface area contributed by atoms with Crippen LogP contribution in [0.2, 0.25) is 0 Å². The predicted molar refractivity (Wildman–Crippen MR) is 147 cm³/mol. The van der Waals surface area contributed by atoms with E-state index in [2.05, 4.69) is 16.4 Å². The second kappa shape index (κ2) is 19.6. The Kier molecular flexibility index (Phi) is 17.9. The van der Waals surface area contributed by atoms with E-state index >= 15 is 0 Å². The Balaban J connectivity index is 2.40. The van der Waals surface area contributed by atoms with E-state index in [1.807, 2.05) is 6.92 Å². The Hall–Kier alpha value is -1.39. The molecule has 37 heavy (non-hydrogen) atoms. The van der Waals surface area contributed by atoms with Crippen molar-refractivity contribution in [2.45, 2.75) is 107 Å². The first kappa shape index (κ1) is 33.6. The number of ether oxygens (including phenoxy) is 2. The smallest absolute Gasteiger partial charge is 0.343 e. The van der Waals surface area contributed by atoms with E-state index in [1.165, 1.54) is 44.9 Å². The largest absolute Gasteiger partial charge is 0.476 e. The highest BCUT2D eigenvalue weighted by molar-refractivity contribution is 7.99. The highest BCUT2D eigenvalue weighted by Gasteiger charge is 2.23. The number of sulfonamides is 1. The van der Waals surface area contributed by atoms with E-state index in [-0.39, 0.29) is 6.54 Å². The third-order valence-electron chi connectivity index (χ3n) is 6.14. The lowest BCUT2D eigenvalue weighted by Gasteiger charge is -2.18. The minimum absolute atomic E-state index is 0.162. The number of methoxy groups -OCH3 is 1. The summed E-state index contributed by atoms with van der Waals surface area (Å²) < 4.78 is 66.0. The fourth-order valence-corrected chi connectivity index (χ4v) is 6.64. The van der Waals surface area contributed by atoms with Crippen molar-refractivity contribution in [2.24, 2.45) is 0 Å². The number of nitrogens with one attached hydrogen (secondary N) is 1. The summed E-state index contributed by atoms with van der Waals surface area (Å²) >= 11 is 1.13. The molecule has 0 aliphatic rings. The molecule has 0 aliphatic carbocycles. The number of unbranched alkanes of at least 4 members (excludes halogenated alkanes) is 9. The van der Waals surface area contributed by atoms with Crippen LogP contribution in [-0.2, 0) is 19.6 Å². The van der Waals surface area contributed by atoms with Crippen molar-refractivity contribution in [3.63, 3.8) is 0 Å². The standard InChI is InChI=1S/C27H45F2NO5S2/c1-4-6-7-8-9-10-11-12-13-14-16-23(15-5-2)37(32,33)30-17-18-36-22-19-24(28)27(25(29)20-22)35-21-26(31)34-3/h19-20,23,30H,4-18,21H2,1-3H3. The first-order valence-corrected chi connectivity index (χ1v) is 16.1. The number of hydrogen-bond donors (Lipinski definition) is 1. The minimum Gasteiger partial charge on any atom is -0.476 e. The van der Waals surface area contributed by atoms with Crippen LogP contribution in [0.4, 0.5) is 8.78 Å². The van der Waals surface area contributed by atoms with Crippen LogP contribution in [0.15, 0.2) is 17.0 Å². The molecule has 0 bridgehead atoms. The Morgan fingerprint density at radius 3 is 2.03 bits per heavy atom. The number of esters is 1. The molecular formula is C27H45F2NO5S2. The molecule has 1 N–H and O–H groups in total. The Labute approximate surface area is 226 Å². The predicted octanol–water partition coefficient (Wildman–Crippen LogP) is 7.01. The summed E-state index contributed by atoms with van der Waals surface area (Å²) in [6, 6.07) is 2.19. The van der Waals surface area contributed by atoms with Gasteiger partial charge in [-0.3, -0.25) is 0 Å². The zero-order valence-electron chi connectivity index (χ0n) is 22.7. The summed E-state index contributed by atoms with van der Waals surface area (Å²) in [4.78, 5) is 11.4. The summed E-state index contributed by atoms with van der Waals surface area (Å²) in [7, 11) is -2.32. The quantitative estimate of drug-likeness (QED) is 0.0925. The van der Waals surface area contributed by atoms with Crippen molar-refractivity contribution < 1.29 is 31.5 Å². The second-order valence-electron chi connectivity index (χ2n) is 9.25. The first-order chi connectivity index (χ1) is 17.7. The number of carbonyl (C=O) groups excluding carboxylic acids is 1. The highest BCUT2D eigenvalue weighted by atomic mass is 32.2. The van der Waals surface area contributed by atoms with Gasteiger partial charge < -0.3 is 9.47 Å². The van der Waals surface area contributed by atoms with Crippen molar-refractivity contribution >= 4 is 27.8 Å². The number of halogens is 2. The fraction of sp³-hybridized carbons (Fsp3) is 0.741. The van der Waals surface area contributed by atoms with Gasteiger partial charge in [0, 0.05) is 17.2 Å². The molecule has 0 spiro atoms. The molecule has 0 saturated heterocycles. The Bertz CT molecular complexity index is 861. The van der Waals surface area contributed by atoms with Gasteiger partial charge in [0.15, 0.2) is 24.0 Å². The van der Waals surface area contributed by atoms with Gasteiger partial charge in [0.2, 0.25) is 10.0 Å². The van der Waals surface area contributed by atoms with Crippen molar-refractivity contribution in [1.29, 1.82) is 0 Å². The van der Waals surface area contributed by atoms with Gasteiger partial charge >= 0.3 is 5.97 Å². The fourth-order valence-electron chi connectivity index (χ4n) is 4.05. The molecule has 0 amide bonds. The Morgan fingerprint density at radius 1 is 0.919 bits per heavy atom. The maximum absolute atomic E-state index is 14.2. The van der Waals surface area contributed by atoms with Crippen LogP contribution in [0.5, 0.6) is 5.75 Å². The average molecular weight is 566 g/mol. The SMILES string of the molecule is CCCCCCCCCCCCC(CCC)S(=O)(=O)NCCSc1cc(F)c(OCC(=O)OC)c(F)c1. The van der Waals surface area contributed by atoms with Crippen LogP contribution in [0, 0.1) is 11.6 Å². The van der Waals surface area contributed by atoms with Gasteiger partial charge in [-0.25, -0.2) is 26.7 Å². The molecule has 1 aromatic rings. The molecular weight excluding hydrogens is 520 g/mol. The summed E-state index contributed by atoms with van der Waals surface area (Å²) in [5.74, 6) is -2.96. The second-order valence-corrected chi connectivity index (χ2v) is 12.5. The zero-order chi connectivity index (χ0) is 27.5. The van der Waals surface area contributed by atoms with Gasteiger partial charge in [0.05, 0.1) is 12.4 Å². The monoisotopic (exact) mass is 565 g/mol. The maximum Gasteiger partial charge on any atom is 0.343 e. The average Bonchev–Trinajstić information content (AvgIpc) is 2.86. The molecule has 0 heterocycles. The molecule has 0 aliphatic heterocycles. The van der Waals surface area contributed by atoms with Gasteiger partial charge in [-0.1, -0.05) is 84.5 Å². The van der Waals surface area contributed by atoms with Gasteiger partial charge in [-0.15, -0.1) is 11.8 Å². The molecule has 0 radical (unpaired) electrons. The summed E-state index contributed by atoms with van der Waals surface area (Å²) in [6.07, 6.45) is 14.2. The van der Waals surface area contributed by atoms with Gasteiger partial charge in [-0.05, 0) is 25.0 Å². The molecule has 1 rings (SSSR count). The zero-order valence-corrected chi connectivity index (χ0v) is 24.3. The molecule has 0 saturated carbocycles. The summed E-state index contributed by atoms with van der Waals surface area (Å²) in [5.41, 5.74) is 0. The number of rotatable bonds is 22. The third kappa shape index (κ3) is 14.4. The lowest BCUT2D eigenvalue weighted by Crippen LogP contribution is -2.35. The van der Waals surface area contributed by atoms with Crippen molar-refractivity contribution in [2.75, 3.05) is 26.0 Å². The third-order valence-corrected chi connectivity index (χ3v) is 9.07.